The normalized spacial score (nSPS) is 9.95. The molecule has 19 heavy (non-hydrogen) atoms. The van der Waals surface area contributed by atoms with Crippen molar-refractivity contribution in [1.29, 1.82) is 0 Å². The van der Waals surface area contributed by atoms with Gasteiger partial charge in [0.15, 0.2) is 0 Å². The summed E-state index contributed by atoms with van der Waals surface area (Å²) in [5.74, 6) is -0.684. The Bertz CT molecular complexity index is 591. The van der Waals surface area contributed by atoms with Gasteiger partial charge in [0.25, 0.3) is 5.91 Å². The van der Waals surface area contributed by atoms with Crippen molar-refractivity contribution in [3.8, 4) is 0 Å². The van der Waals surface area contributed by atoms with Gasteiger partial charge in [-0.25, -0.2) is 4.90 Å². The molecule has 96 valence electrons. The lowest BCUT2D eigenvalue weighted by Gasteiger charge is -2.19. The number of nitrogens with zero attached hydrogens (tertiary/aromatic N) is 1. The van der Waals surface area contributed by atoms with Gasteiger partial charge in [0.05, 0.1) is 5.69 Å². The summed E-state index contributed by atoms with van der Waals surface area (Å²) in [6, 6.07) is 15.3. The molecule has 2 aromatic carbocycles. The van der Waals surface area contributed by atoms with Crippen LogP contribution in [0.1, 0.15) is 17.3 Å². The molecule has 0 spiro atoms. The van der Waals surface area contributed by atoms with E-state index in [4.69, 9.17) is 5.73 Å². The van der Waals surface area contributed by atoms with Crippen LogP contribution < -0.4 is 10.6 Å². The summed E-state index contributed by atoms with van der Waals surface area (Å²) in [5, 5.41) is 0. The molecular weight excluding hydrogens is 240 g/mol. The van der Waals surface area contributed by atoms with E-state index in [0.29, 0.717) is 16.9 Å². The van der Waals surface area contributed by atoms with Gasteiger partial charge in [-0.3, -0.25) is 9.59 Å². The van der Waals surface area contributed by atoms with Crippen molar-refractivity contribution in [3.63, 3.8) is 0 Å². The Labute approximate surface area is 111 Å². The zero-order valence-electron chi connectivity index (χ0n) is 10.5. The summed E-state index contributed by atoms with van der Waals surface area (Å²) >= 11 is 0. The summed E-state index contributed by atoms with van der Waals surface area (Å²) < 4.78 is 0. The number of carbonyl (C=O) groups is 2. The molecular formula is C15H14N2O2. The number of nitrogen functional groups attached to an aromatic ring is 1. The molecule has 0 heterocycles. The summed E-state index contributed by atoms with van der Waals surface area (Å²) in [6.07, 6.45) is 0. The molecule has 2 rings (SSSR count). The van der Waals surface area contributed by atoms with Crippen LogP contribution in [0.4, 0.5) is 11.4 Å². The second-order valence-corrected chi connectivity index (χ2v) is 4.12. The maximum absolute atomic E-state index is 12.3. The maximum Gasteiger partial charge on any atom is 0.265 e. The highest BCUT2D eigenvalue weighted by atomic mass is 16.2. The third-order valence-corrected chi connectivity index (χ3v) is 2.69. The van der Waals surface area contributed by atoms with Crippen LogP contribution in [-0.4, -0.2) is 11.8 Å². The molecule has 0 aliphatic rings. The lowest BCUT2D eigenvalue weighted by atomic mass is 10.1. The molecule has 2 aromatic rings. The van der Waals surface area contributed by atoms with Crippen LogP contribution in [0, 0.1) is 0 Å². The number of carbonyl (C=O) groups excluding carboxylic acids is 2. The molecule has 0 aliphatic heterocycles. The Morgan fingerprint density at radius 2 is 1.53 bits per heavy atom. The van der Waals surface area contributed by atoms with Crippen LogP contribution in [0.3, 0.4) is 0 Å². The lowest BCUT2D eigenvalue weighted by Crippen LogP contribution is -2.35. The predicted octanol–water partition coefficient (Wildman–Crippen LogP) is 2.46. The molecule has 0 aliphatic carbocycles. The fraction of sp³-hybridized carbons (Fsp3) is 0.0667. The quantitative estimate of drug-likeness (QED) is 0.837. The lowest BCUT2D eigenvalue weighted by molar-refractivity contribution is -0.115. The van der Waals surface area contributed by atoms with Crippen molar-refractivity contribution in [2.45, 2.75) is 6.92 Å². The highest BCUT2D eigenvalue weighted by Gasteiger charge is 2.21. The molecule has 0 radical (unpaired) electrons. The average molecular weight is 254 g/mol. The van der Waals surface area contributed by atoms with E-state index in [1.165, 1.54) is 6.92 Å². The largest absolute Gasteiger partial charge is 0.399 e. The number of hydrogen-bond donors (Lipinski definition) is 1. The van der Waals surface area contributed by atoms with Gasteiger partial charge < -0.3 is 5.73 Å². The van der Waals surface area contributed by atoms with Crippen molar-refractivity contribution in [2.75, 3.05) is 10.6 Å². The SMILES string of the molecule is CC(=O)N(C(=O)c1ccccc1)c1ccc(N)cc1. The number of anilines is 2. The van der Waals surface area contributed by atoms with Crippen molar-refractivity contribution in [1.82, 2.24) is 0 Å². The van der Waals surface area contributed by atoms with Gasteiger partial charge in [-0.15, -0.1) is 0 Å². The van der Waals surface area contributed by atoms with E-state index in [1.54, 1.807) is 48.5 Å². The van der Waals surface area contributed by atoms with E-state index in [0.717, 1.165) is 4.90 Å². The Kier molecular flexibility index (Phi) is 3.61. The number of imide groups is 1. The molecule has 0 unspecified atom stereocenters. The van der Waals surface area contributed by atoms with E-state index >= 15 is 0 Å². The Balaban J connectivity index is 2.39. The average Bonchev–Trinajstić information content (AvgIpc) is 2.42. The number of amides is 2. The van der Waals surface area contributed by atoms with E-state index in [-0.39, 0.29) is 11.8 Å². The molecule has 4 nitrogen and oxygen atoms in total. The standard InChI is InChI=1S/C15H14N2O2/c1-11(18)17(14-9-7-13(16)8-10-14)15(19)12-5-3-2-4-6-12/h2-10H,16H2,1H3. The van der Waals surface area contributed by atoms with Crippen molar-refractivity contribution < 1.29 is 9.59 Å². The van der Waals surface area contributed by atoms with E-state index < -0.39 is 0 Å². The highest BCUT2D eigenvalue weighted by molar-refractivity contribution is 6.20. The Morgan fingerprint density at radius 3 is 2.05 bits per heavy atom. The smallest absolute Gasteiger partial charge is 0.265 e. The van der Waals surface area contributed by atoms with Gasteiger partial charge in [0.2, 0.25) is 5.91 Å². The molecule has 2 amide bonds. The monoisotopic (exact) mass is 254 g/mol. The minimum absolute atomic E-state index is 0.335. The van der Waals surface area contributed by atoms with Gasteiger partial charge >= 0.3 is 0 Å². The number of hydrogen-bond acceptors (Lipinski definition) is 3. The van der Waals surface area contributed by atoms with Crippen LogP contribution in [0.25, 0.3) is 0 Å². The first-order valence-corrected chi connectivity index (χ1v) is 5.85. The van der Waals surface area contributed by atoms with Crippen molar-refractivity contribution in [2.24, 2.45) is 0 Å². The Hall–Kier alpha value is -2.62. The second-order valence-electron chi connectivity index (χ2n) is 4.12. The van der Waals surface area contributed by atoms with Crippen molar-refractivity contribution in [3.05, 3.63) is 60.2 Å². The van der Waals surface area contributed by atoms with E-state index in [1.807, 2.05) is 6.07 Å². The first kappa shape index (κ1) is 12.8. The zero-order chi connectivity index (χ0) is 13.8. The van der Waals surface area contributed by atoms with Crippen LogP contribution >= 0.6 is 0 Å². The van der Waals surface area contributed by atoms with Crippen LogP contribution in [-0.2, 0) is 4.79 Å². The third kappa shape index (κ3) is 2.80. The molecule has 0 aromatic heterocycles. The van der Waals surface area contributed by atoms with E-state index in [2.05, 4.69) is 0 Å². The predicted molar refractivity (Wildman–Crippen MR) is 74.8 cm³/mol. The molecule has 0 atom stereocenters. The van der Waals surface area contributed by atoms with Gasteiger partial charge in [-0.05, 0) is 36.4 Å². The minimum Gasteiger partial charge on any atom is -0.399 e. The first-order valence-electron chi connectivity index (χ1n) is 5.85. The van der Waals surface area contributed by atoms with Crippen molar-refractivity contribution >= 4 is 23.2 Å². The molecule has 4 heteroatoms. The fourth-order valence-electron chi connectivity index (χ4n) is 1.78. The topological polar surface area (TPSA) is 63.4 Å². The van der Waals surface area contributed by atoms with Gasteiger partial charge in [0, 0.05) is 18.2 Å². The zero-order valence-corrected chi connectivity index (χ0v) is 10.5. The Morgan fingerprint density at radius 1 is 0.947 bits per heavy atom. The van der Waals surface area contributed by atoms with E-state index in [9.17, 15) is 9.59 Å². The van der Waals surface area contributed by atoms with Gasteiger partial charge in [-0.1, -0.05) is 18.2 Å². The summed E-state index contributed by atoms with van der Waals surface area (Å²) in [6.45, 7) is 1.36. The number of nitrogens with two attached hydrogens (primary N) is 1. The minimum atomic E-state index is -0.349. The number of benzene rings is 2. The van der Waals surface area contributed by atoms with Crippen LogP contribution in [0.5, 0.6) is 0 Å². The van der Waals surface area contributed by atoms with Gasteiger partial charge in [-0.2, -0.15) is 0 Å². The summed E-state index contributed by atoms with van der Waals surface area (Å²) in [7, 11) is 0. The maximum atomic E-state index is 12.3. The molecule has 0 saturated carbocycles. The molecule has 0 fully saturated rings. The van der Waals surface area contributed by atoms with Gasteiger partial charge in [0.1, 0.15) is 0 Å². The third-order valence-electron chi connectivity index (χ3n) is 2.69. The fourth-order valence-corrected chi connectivity index (χ4v) is 1.78. The van der Waals surface area contributed by atoms with Crippen LogP contribution in [0.2, 0.25) is 0 Å². The molecule has 2 N–H and O–H groups in total. The number of rotatable bonds is 2. The molecule has 0 bridgehead atoms. The summed E-state index contributed by atoms with van der Waals surface area (Å²) in [5.41, 5.74) is 7.16. The second kappa shape index (κ2) is 5.35. The highest BCUT2D eigenvalue weighted by Crippen LogP contribution is 2.19. The molecule has 0 saturated heterocycles. The van der Waals surface area contributed by atoms with Crippen LogP contribution in [0.15, 0.2) is 54.6 Å². The first-order chi connectivity index (χ1) is 9.09. The summed E-state index contributed by atoms with van der Waals surface area (Å²) in [4.78, 5) is 25.2.